The van der Waals surface area contributed by atoms with E-state index in [-0.39, 0.29) is 17.5 Å². The highest BCUT2D eigenvalue weighted by molar-refractivity contribution is 7.99. The summed E-state index contributed by atoms with van der Waals surface area (Å²) in [6.45, 7) is 0.373. The Labute approximate surface area is 165 Å². The van der Waals surface area contributed by atoms with Gasteiger partial charge >= 0.3 is 0 Å². The van der Waals surface area contributed by atoms with Crippen LogP contribution in [0.4, 0.5) is 4.39 Å². The number of thioether (sulfide) groups is 1. The molecule has 2 N–H and O–H groups in total. The van der Waals surface area contributed by atoms with Gasteiger partial charge in [-0.3, -0.25) is 4.79 Å². The molecule has 2 aromatic heterocycles. The van der Waals surface area contributed by atoms with Gasteiger partial charge < -0.3 is 10.3 Å². The van der Waals surface area contributed by atoms with Crippen LogP contribution in [0.15, 0.2) is 71.9 Å². The lowest BCUT2D eigenvalue weighted by Crippen LogP contribution is -2.24. The van der Waals surface area contributed by atoms with Crippen molar-refractivity contribution < 1.29 is 9.18 Å². The van der Waals surface area contributed by atoms with E-state index in [1.54, 1.807) is 18.3 Å². The number of benzene rings is 2. The van der Waals surface area contributed by atoms with Crippen LogP contribution in [-0.2, 0) is 11.3 Å². The van der Waals surface area contributed by atoms with Crippen molar-refractivity contribution in [2.24, 2.45) is 0 Å². The standard InChI is InChI=1S/C21H17FN4OS/c22-16-8-5-14(6-9-16)11-23-19(27)13-28-20-10-7-15(12-24-20)21-25-17-3-1-2-4-18(17)26-21/h1-10,12H,11,13H2,(H,23,27)(H,25,26). The van der Waals surface area contributed by atoms with Gasteiger partial charge in [-0.05, 0) is 42.0 Å². The van der Waals surface area contributed by atoms with E-state index in [0.29, 0.717) is 6.54 Å². The third-order valence-corrected chi connectivity index (χ3v) is 5.10. The zero-order chi connectivity index (χ0) is 19.3. The smallest absolute Gasteiger partial charge is 0.230 e. The predicted octanol–water partition coefficient (Wildman–Crippen LogP) is 4.17. The Bertz CT molecular complexity index is 1060. The van der Waals surface area contributed by atoms with Gasteiger partial charge in [0.1, 0.15) is 11.6 Å². The molecule has 1 amide bonds. The van der Waals surface area contributed by atoms with Crippen molar-refractivity contribution in [2.75, 3.05) is 5.75 Å². The second-order valence-electron chi connectivity index (χ2n) is 6.18. The number of hydrogen-bond donors (Lipinski definition) is 2. The Morgan fingerprint density at radius 1 is 1.07 bits per heavy atom. The van der Waals surface area contributed by atoms with Gasteiger partial charge in [-0.15, -0.1) is 0 Å². The fourth-order valence-electron chi connectivity index (χ4n) is 2.69. The summed E-state index contributed by atoms with van der Waals surface area (Å²) in [5, 5.41) is 3.58. The highest BCUT2D eigenvalue weighted by atomic mass is 32.2. The van der Waals surface area contributed by atoms with Gasteiger partial charge in [-0.1, -0.05) is 36.0 Å². The lowest BCUT2D eigenvalue weighted by molar-refractivity contribution is -0.118. The number of para-hydroxylation sites is 2. The van der Waals surface area contributed by atoms with Crippen molar-refractivity contribution in [3.8, 4) is 11.4 Å². The minimum absolute atomic E-state index is 0.0996. The Kier molecular flexibility index (Phi) is 5.34. The van der Waals surface area contributed by atoms with E-state index in [9.17, 15) is 9.18 Å². The van der Waals surface area contributed by atoms with Gasteiger partial charge in [0.05, 0.1) is 21.8 Å². The number of nitrogens with one attached hydrogen (secondary N) is 2. The Morgan fingerprint density at radius 2 is 1.89 bits per heavy atom. The first-order valence-electron chi connectivity index (χ1n) is 8.72. The summed E-state index contributed by atoms with van der Waals surface area (Å²) in [6.07, 6.45) is 1.75. The van der Waals surface area contributed by atoms with Gasteiger partial charge in [0, 0.05) is 18.3 Å². The maximum absolute atomic E-state index is 12.9. The van der Waals surface area contributed by atoms with Gasteiger partial charge in [0.2, 0.25) is 5.91 Å². The molecule has 0 atom stereocenters. The van der Waals surface area contributed by atoms with Crippen molar-refractivity contribution in [1.29, 1.82) is 0 Å². The van der Waals surface area contributed by atoms with E-state index in [1.807, 2.05) is 36.4 Å². The van der Waals surface area contributed by atoms with Crippen LogP contribution in [0.25, 0.3) is 22.4 Å². The van der Waals surface area contributed by atoms with Crippen molar-refractivity contribution in [3.05, 3.63) is 78.2 Å². The van der Waals surface area contributed by atoms with E-state index >= 15 is 0 Å². The maximum Gasteiger partial charge on any atom is 0.230 e. The number of carbonyl (C=O) groups excluding carboxylic acids is 1. The molecule has 0 radical (unpaired) electrons. The van der Waals surface area contributed by atoms with Crippen LogP contribution in [0.5, 0.6) is 0 Å². The zero-order valence-electron chi connectivity index (χ0n) is 14.9. The molecule has 7 heteroatoms. The van der Waals surface area contributed by atoms with Crippen molar-refractivity contribution in [1.82, 2.24) is 20.3 Å². The molecule has 0 aliphatic heterocycles. The summed E-state index contributed by atoms with van der Waals surface area (Å²) in [5.41, 5.74) is 3.64. The summed E-state index contributed by atoms with van der Waals surface area (Å²) >= 11 is 1.36. The second kappa shape index (κ2) is 8.22. The average Bonchev–Trinajstić information content (AvgIpc) is 3.16. The van der Waals surface area contributed by atoms with E-state index in [4.69, 9.17) is 0 Å². The molecule has 5 nitrogen and oxygen atoms in total. The van der Waals surface area contributed by atoms with E-state index in [0.717, 1.165) is 33.0 Å². The van der Waals surface area contributed by atoms with E-state index < -0.39 is 0 Å². The molecular weight excluding hydrogens is 375 g/mol. The number of carbonyl (C=O) groups is 1. The number of pyridine rings is 1. The molecular formula is C21H17FN4OS. The number of halogens is 1. The lowest BCUT2D eigenvalue weighted by Gasteiger charge is -2.05. The van der Waals surface area contributed by atoms with Gasteiger partial charge in [0.25, 0.3) is 0 Å². The third kappa shape index (κ3) is 4.37. The van der Waals surface area contributed by atoms with Crippen LogP contribution in [0.1, 0.15) is 5.56 Å². The molecule has 4 rings (SSSR count). The van der Waals surface area contributed by atoms with Crippen LogP contribution < -0.4 is 5.32 Å². The third-order valence-electron chi connectivity index (χ3n) is 4.15. The van der Waals surface area contributed by atoms with E-state index in [1.165, 1.54) is 23.9 Å². The lowest BCUT2D eigenvalue weighted by atomic mass is 10.2. The predicted molar refractivity (Wildman–Crippen MR) is 108 cm³/mol. The quantitative estimate of drug-likeness (QED) is 0.483. The number of nitrogens with zero attached hydrogens (tertiary/aromatic N) is 2. The van der Waals surface area contributed by atoms with Crippen molar-refractivity contribution in [3.63, 3.8) is 0 Å². The molecule has 0 aliphatic rings. The molecule has 0 fully saturated rings. The second-order valence-corrected chi connectivity index (χ2v) is 7.18. The molecule has 28 heavy (non-hydrogen) atoms. The number of amides is 1. The number of aromatic nitrogens is 3. The highest BCUT2D eigenvalue weighted by Crippen LogP contribution is 2.22. The number of fused-ring (bicyclic) bond motifs is 1. The SMILES string of the molecule is O=C(CSc1ccc(-c2nc3ccccc3[nH]2)cn1)NCc1ccc(F)cc1. The first-order valence-corrected chi connectivity index (χ1v) is 9.71. The topological polar surface area (TPSA) is 70.7 Å². The summed E-state index contributed by atoms with van der Waals surface area (Å²) in [5.74, 6) is 0.639. The van der Waals surface area contributed by atoms with Crippen LogP contribution in [0.3, 0.4) is 0 Å². The van der Waals surface area contributed by atoms with Gasteiger partial charge in [0.15, 0.2) is 0 Å². The molecule has 0 spiro atoms. The maximum atomic E-state index is 12.9. The number of aromatic amines is 1. The van der Waals surface area contributed by atoms with Crippen LogP contribution >= 0.6 is 11.8 Å². The fraction of sp³-hybridized carbons (Fsp3) is 0.0952. The van der Waals surface area contributed by atoms with Crippen LogP contribution in [0, 0.1) is 5.82 Å². The molecule has 2 aromatic carbocycles. The first-order chi connectivity index (χ1) is 13.7. The number of imidazole rings is 1. The van der Waals surface area contributed by atoms with Crippen molar-refractivity contribution >= 4 is 28.7 Å². The first kappa shape index (κ1) is 18.2. The molecule has 140 valence electrons. The normalized spacial score (nSPS) is 10.9. The molecule has 0 bridgehead atoms. The molecule has 2 heterocycles. The van der Waals surface area contributed by atoms with Gasteiger partial charge in [-0.2, -0.15) is 0 Å². The fourth-order valence-corrected chi connectivity index (χ4v) is 3.36. The molecule has 0 saturated heterocycles. The Morgan fingerprint density at radius 3 is 2.64 bits per heavy atom. The highest BCUT2D eigenvalue weighted by Gasteiger charge is 2.07. The van der Waals surface area contributed by atoms with Crippen molar-refractivity contribution in [2.45, 2.75) is 11.6 Å². The number of rotatable bonds is 6. The van der Waals surface area contributed by atoms with E-state index in [2.05, 4.69) is 20.3 Å². The number of hydrogen-bond acceptors (Lipinski definition) is 4. The molecule has 0 unspecified atom stereocenters. The Hall–Kier alpha value is -3.19. The van der Waals surface area contributed by atoms with Gasteiger partial charge in [-0.25, -0.2) is 14.4 Å². The Balaban J connectivity index is 1.31. The summed E-state index contributed by atoms with van der Waals surface area (Å²) in [6, 6.07) is 17.7. The van der Waals surface area contributed by atoms with Crippen LogP contribution in [-0.4, -0.2) is 26.6 Å². The van der Waals surface area contributed by atoms with Crippen LogP contribution in [0.2, 0.25) is 0 Å². The monoisotopic (exact) mass is 392 g/mol. The largest absolute Gasteiger partial charge is 0.351 e. The zero-order valence-corrected chi connectivity index (χ0v) is 15.7. The molecule has 0 aliphatic carbocycles. The summed E-state index contributed by atoms with van der Waals surface area (Å²) in [4.78, 5) is 24.2. The minimum Gasteiger partial charge on any atom is -0.351 e. The number of H-pyrrole nitrogens is 1. The average molecular weight is 392 g/mol. The molecule has 0 saturated carbocycles. The minimum atomic E-state index is -0.289. The molecule has 4 aromatic rings. The summed E-state index contributed by atoms with van der Waals surface area (Å²) < 4.78 is 12.9. The summed E-state index contributed by atoms with van der Waals surface area (Å²) in [7, 11) is 0.